The maximum absolute atomic E-state index is 13.6. The lowest BCUT2D eigenvalue weighted by Crippen LogP contribution is -2.43. The van der Waals surface area contributed by atoms with Gasteiger partial charge in [-0.15, -0.1) is 11.3 Å². The molecule has 0 atom stereocenters. The molecule has 0 saturated carbocycles. The molecule has 1 aromatic heterocycles. The first-order valence-electron chi connectivity index (χ1n) is 11.7. The molecule has 1 aliphatic heterocycles. The second-order valence-electron chi connectivity index (χ2n) is 8.96. The minimum Gasteiger partial charge on any atom is -0.454 e. The summed E-state index contributed by atoms with van der Waals surface area (Å²) >= 11 is 1.56. The van der Waals surface area contributed by atoms with Gasteiger partial charge in [-0.2, -0.15) is 4.31 Å². The third kappa shape index (κ3) is 6.96. The Hall–Kier alpha value is -3.14. The highest BCUT2D eigenvalue weighted by Crippen LogP contribution is 2.33. The third-order valence-electron chi connectivity index (χ3n) is 5.56. The Morgan fingerprint density at radius 2 is 1.81 bits per heavy atom. The van der Waals surface area contributed by atoms with Gasteiger partial charge in [-0.3, -0.25) is 4.79 Å². The number of ether oxygens (including phenoxy) is 2. The zero-order chi connectivity index (χ0) is 25.5. The molecular weight excluding hydrogens is 496 g/mol. The number of sulfonamides is 1. The highest BCUT2D eigenvalue weighted by molar-refractivity contribution is 7.92. The third-order valence-corrected chi connectivity index (χ3v) is 7.90. The average Bonchev–Trinajstić information content (AvgIpc) is 3.54. The molecule has 0 aliphatic carbocycles. The number of nitrogens with zero attached hydrogens (tertiary/aromatic N) is 2. The van der Waals surface area contributed by atoms with Crippen LogP contribution in [0, 0.1) is 5.92 Å². The van der Waals surface area contributed by atoms with E-state index in [2.05, 4.69) is 0 Å². The first-order chi connectivity index (χ1) is 17.3. The number of benzene rings is 2. The van der Waals surface area contributed by atoms with Crippen molar-refractivity contribution in [3.63, 3.8) is 0 Å². The summed E-state index contributed by atoms with van der Waals surface area (Å²) < 4.78 is 38.6. The molecule has 2 aromatic carbocycles. The van der Waals surface area contributed by atoms with Crippen LogP contribution in [0.2, 0.25) is 0 Å². The van der Waals surface area contributed by atoms with Gasteiger partial charge in [-0.05, 0) is 46.7 Å². The Bertz CT molecular complexity index is 1290. The smallest absolute Gasteiger partial charge is 0.238 e. The number of carbonyl (C=O) groups is 1. The maximum atomic E-state index is 13.6. The van der Waals surface area contributed by atoms with Crippen LogP contribution in [0.5, 0.6) is 11.5 Å². The number of rotatable bonds is 11. The zero-order valence-corrected chi connectivity index (χ0v) is 22.0. The molecule has 1 amide bonds. The van der Waals surface area contributed by atoms with Gasteiger partial charge in [0.25, 0.3) is 0 Å². The quantitative estimate of drug-likeness (QED) is 0.353. The topological polar surface area (TPSA) is 76.2 Å². The summed E-state index contributed by atoms with van der Waals surface area (Å²) in [5.41, 5.74) is 1.66. The van der Waals surface area contributed by atoms with E-state index < -0.39 is 10.0 Å². The summed E-state index contributed by atoms with van der Waals surface area (Å²) in [5, 5.41) is 3.14. The van der Waals surface area contributed by atoms with Gasteiger partial charge in [0.15, 0.2) is 11.5 Å². The van der Waals surface area contributed by atoms with Gasteiger partial charge < -0.3 is 14.4 Å². The van der Waals surface area contributed by atoms with Crippen LogP contribution in [0.3, 0.4) is 0 Å². The van der Waals surface area contributed by atoms with E-state index in [0.717, 1.165) is 16.0 Å². The Labute approximate surface area is 216 Å². The van der Waals surface area contributed by atoms with Crippen LogP contribution in [-0.2, 0) is 27.9 Å². The summed E-state index contributed by atoms with van der Waals surface area (Å²) in [5.74, 6) is 1.11. The van der Waals surface area contributed by atoms with E-state index in [1.54, 1.807) is 22.3 Å². The maximum Gasteiger partial charge on any atom is 0.238 e. The van der Waals surface area contributed by atoms with Gasteiger partial charge in [0, 0.05) is 23.4 Å². The Morgan fingerprint density at radius 3 is 2.53 bits per heavy atom. The van der Waals surface area contributed by atoms with Gasteiger partial charge in [0.2, 0.25) is 22.7 Å². The Balaban J connectivity index is 1.55. The SMILES string of the molecule is CC(C)CN(CC(=O)N(Cc1ccc2c(c1)OCO2)Cc1cccs1)S(=O)(=O)C=Cc1ccccc1. The molecule has 0 radical (unpaired) electrons. The largest absolute Gasteiger partial charge is 0.454 e. The number of carbonyl (C=O) groups excluding carboxylic acids is 1. The van der Waals surface area contributed by atoms with Crippen LogP contribution < -0.4 is 9.47 Å². The van der Waals surface area contributed by atoms with Gasteiger partial charge in [0.1, 0.15) is 0 Å². The molecule has 9 heteroatoms. The van der Waals surface area contributed by atoms with E-state index in [1.807, 2.05) is 79.9 Å². The number of hydrogen-bond donors (Lipinski definition) is 0. The predicted octanol–water partition coefficient (Wildman–Crippen LogP) is 4.96. The second-order valence-corrected chi connectivity index (χ2v) is 11.8. The average molecular weight is 527 g/mol. The normalized spacial score (nSPS) is 13.1. The standard InChI is InChI=1S/C27H30N2O5S2/c1-21(2)16-29(36(31,32)14-12-22-7-4-3-5-8-22)19-27(30)28(18-24-9-6-13-35-24)17-23-10-11-25-26(15-23)34-20-33-25/h3-15,21H,16-20H2,1-2H3. The van der Waals surface area contributed by atoms with E-state index >= 15 is 0 Å². The molecule has 3 aromatic rings. The highest BCUT2D eigenvalue weighted by Gasteiger charge is 2.27. The lowest BCUT2D eigenvalue weighted by Gasteiger charge is -2.27. The molecule has 7 nitrogen and oxygen atoms in total. The number of hydrogen-bond acceptors (Lipinski definition) is 6. The number of fused-ring (bicyclic) bond motifs is 1. The summed E-state index contributed by atoms with van der Waals surface area (Å²) in [4.78, 5) is 16.3. The van der Waals surface area contributed by atoms with Crippen molar-refractivity contribution in [2.24, 2.45) is 5.92 Å². The molecule has 1 aliphatic rings. The molecule has 2 heterocycles. The van der Waals surface area contributed by atoms with Gasteiger partial charge in [-0.25, -0.2) is 8.42 Å². The lowest BCUT2D eigenvalue weighted by atomic mass is 10.2. The molecule has 0 saturated heterocycles. The van der Waals surface area contributed by atoms with Crippen molar-refractivity contribution in [3.05, 3.63) is 87.5 Å². The predicted molar refractivity (Wildman–Crippen MR) is 142 cm³/mol. The van der Waals surface area contributed by atoms with Gasteiger partial charge >= 0.3 is 0 Å². The van der Waals surface area contributed by atoms with Crippen molar-refractivity contribution >= 4 is 33.3 Å². The zero-order valence-electron chi connectivity index (χ0n) is 20.4. The van der Waals surface area contributed by atoms with Crippen molar-refractivity contribution in [2.45, 2.75) is 26.9 Å². The molecule has 0 N–H and O–H groups in total. The van der Waals surface area contributed by atoms with E-state index in [9.17, 15) is 13.2 Å². The van der Waals surface area contributed by atoms with E-state index in [-0.39, 0.29) is 31.7 Å². The highest BCUT2D eigenvalue weighted by atomic mass is 32.2. The van der Waals surface area contributed by atoms with Crippen LogP contribution in [0.1, 0.15) is 29.9 Å². The van der Waals surface area contributed by atoms with Crippen LogP contribution in [0.4, 0.5) is 0 Å². The molecule has 0 bridgehead atoms. The van der Waals surface area contributed by atoms with Crippen molar-refractivity contribution in [1.82, 2.24) is 9.21 Å². The van der Waals surface area contributed by atoms with Gasteiger partial charge in [0.05, 0.1) is 13.1 Å². The minimum atomic E-state index is -3.82. The van der Waals surface area contributed by atoms with Crippen LogP contribution in [0.25, 0.3) is 6.08 Å². The van der Waals surface area contributed by atoms with E-state index in [4.69, 9.17) is 9.47 Å². The van der Waals surface area contributed by atoms with E-state index in [1.165, 1.54) is 9.71 Å². The fourth-order valence-electron chi connectivity index (χ4n) is 3.81. The first-order valence-corrected chi connectivity index (χ1v) is 14.1. The fourth-order valence-corrected chi connectivity index (χ4v) is 5.83. The summed E-state index contributed by atoms with van der Waals surface area (Å²) in [6.45, 7) is 4.76. The van der Waals surface area contributed by atoms with Gasteiger partial charge in [-0.1, -0.05) is 56.3 Å². The summed E-state index contributed by atoms with van der Waals surface area (Å²) in [6.07, 6.45) is 1.56. The van der Waals surface area contributed by atoms with Crippen molar-refractivity contribution in [3.8, 4) is 11.5 Å². The molecule has 0 unspecified atom stereocenters. The first kappa shape index (κ1) is 25.9. The lowest BCUT2D eigenvalue weighted by molar-refractivity contribution is -0.132. The van der Waals surface area contributed by atoms with Crippen LogP contribution in [-0.4, -0.2) is 43.4 Å². The Morgan fingerprint density at radius 1 is 1.03 bits per heavy atom. The molecule has 190 valence electrons. The van der Waals surface area contributed by atoms with Crippen molar-refractivity contribution in [1.29, 1.82) is 0 Å². The molecular formula is C27H30N2O5S2. The second kappa shape index (κ2) is 11.7. The van der Waals surface area contributed by atoms with Crippen molar-refractivity contribution < 1.29 is 22.7 Å². The van der Waals surface area contributed by atoms with Crippen molar-refractivity contribution in [2.75, 3.05) is 19.9 Å². The Kier molecular flexibility index (Phi) is 8.45. The van der Waals surface area contributed by atoms with Crippen LogP contribution >= 0.6 is 11.3 Å². The molecule has 36 heavy (non-hydrogen) atoms. The summed E-state index contributed by atoms with van der Waals surface area (Å²) in [6, 6.07) is 18.7. The molecule has 0 spiro atoms. The number of thiophene rings is 1. The molecule has 4 rings (SSSR count). The molecule has 0 fully saturated rings. The van der Waals surface area contributed by atoms with E-state index in [0.29, 0.717) is 24.6 Å². The number of amides is 1. The monoisotopic (exact) mass is 526 g/mol. The summed E-state index contributed by atoms with van der Waals surface area (Å²) in [7, 11) is -3.82. The minimum absolute atomic E-state index is 0.0531. The fraction of sp³-hybridized carbons (Fsp3) is 0.296. The van der Waals surface area contributed by atoms with Crippen LogP contribution in [0.15, 0.2) is 71.5 Å².